The summed E-state index contributed by atoms with van der Waals surface area (Å²) in [6, 6.07) is 13.4. The number of aromatic nitrogens is 1. The van der Waals surface area contributed by atoms with Crippen LogP contribution in [0.5, 0.6) is 0 Å². The number of pyridine rings is 1. The number of para-hydroxylation sites is 1. The van der Waals surface area contributed by atoms with Crippen molar-refractivity contribution in [3.05, 3.63) is 76.0 Å². The standard InChI is InChI=1S/C21H20N4O3/c1-2-5-15-13-18(22)17-12-16(9-10-19(17)23-15)24-21(26)11-8-14-6-3-4-7-20(14)25(27)28/h3-4,6-13H,2,5H2,1H3,(H2,22,23)(H,24,26)/b11-8+. The summed E-state index contributed by atoms with van der Waals surface area (Å²) >= 11 is 0. The first kappa shape index (κ1) is 19.0. The van der Waals surface area contributed by atoms with Crippen LogP contribution in [0, 0.1) is 10.1 Å². The second kappa shape index (κ2) is 8.30. The molecule has 0 aliphatic heterocycles. The molecule has 7 nitrogen and oxygen atoms in total. The number of fused-ring (bicyclic) bond motifs is 1. The van der Waals surface area contributed by atoms with E-state index >= 15 is 0 Å². The minimum absolute atomic E-state index is 0.0565. The number of benzene rings is 2. The van der Waals surface area contributed by atoms with E-state index in [-0.39, 0.29) is 5.69 Å². The third kappa shape index (κ3) is 4.32. The van der Waals surface area contributed by atoms with Crippen LogP contribution < -0.4 is 11.1 Å². The Labute approximate surface area is 162 Å². The molecule has 3 N–H and O–H groups in total. The van der Waals surface area contributed by atoms with Gasteiger partial charge in [-0.1, -0.05) is 25.5 Å². The molecule has 0 aliphatic carbocycles. The number of rotatable bonds is 6. The van der Waals surface area contributed by atoms with Crippen LogP contribution in [0.3, 0.4) is 0 Å². The Hall–Kier alpha value is -3.74. The average molecular weight is 376 g/mol. The Morgan fingerprint density at radius 1 is 1.25 bits per heavy atom. The van der Waals surface area contributed by atoms with Gasteiger partial charge in [0.1, 0.15) is 0 Å². The summed E-state index contributed by atoms with van der Waals surface area (Å²) < 4.78 is 0. The van der Waals surface area contributed by atoms with E-state index in [2.05, 4.69) is 17.2 Å². The number of aryl methyl sites for hydroxylation is 1. The summed E-state index contributed by atoms with van der Waals surface area (Å²) in [7, 11) is 0. The first-order chi connectivity index (χ1) is 13.5. The van der Waals surface area contributed by atoms with Crippen LogP contribution in [-0.2, 0) is 11.2 Å². The fourth-order valence-electron chi connectivity index (χ4n) is 2.92. The summed E-state index contributed by atoms with van der Waals surface area (Å²) in [5.41, 5.74) is 9.34. The number of nitrogens with one attached hydrogen (secondary N) is 1. The van der Waals surface area contributed by atoms with Crippen molar-refractivity contribution in [1.29, 1.82) is 0 Å². The monoisotopic (exact) mass is 376 g/mol. The Morgan fingerprint density at radius 3 is 2.79 bits per heavy atom. The number of hydrogen-bond donors (Lipinski definition) is 2. The van der Waals surface area contributed by atoms with Crippen LogP contribution >= 0.6 is 0 Å². The normalized spacial score (nSPS) is 11.0. The minimum atomic E-state index is -0.483. The number of nitrogens with zero attached hydrogens (tertiary/aromatic N) is 2. The predicted octanol–water partition coefficient (Wildman–Crippen LogP) is 4.33. The molecule has 2 aromatic carbocycles. The molecular weight excluding hydrogens is 356 g/mol. The Balaban J connectivity index is 1.79. The van der Waals surface area contributed by atoms with E-state index in [9.17, 15) is 14.9 Å². The number of hydrogen-bond acceptors (Lipinski definition) is 5. The van der Waals surface area contributed by atoms with E-state index in [1.54, 1.807) is 30.3 Å². The molecule has 0 atom stereocenters. The van der Waals surface area contributed by atoms with Crippen molar-refractivity contribution in [2.24, 2.45) is 0 Å². The number of nitrogens with two attached hydrogens (primary N) is 1. The summed E-state index contributed by atoms with van der Waals surface area (Å²) in [4.78, 5) is 27.3. The highest BCUT2D eigenvalue weighted by atomic mass is 16.6. The quantitative estimate of drug-likeness (QED) is 0.378. The van der Waals surface area contributed by atoms with Gasteiger partial charge in [-0.05, 0) is 42.8 Å². The minimum Gasteiger partial charge on any atom is -0.398 e. The van der Waals surface area contributed by atoms with Crippen molar-refractivity contribution in [3.63, 3.8) is 0 Å². The molecule has 0 saturated heterocycles. The maximum absolute atomic E-state index is 12.2. The van der Waals surface area contributed by atoms with Gasteiger partial charge in [-0.15, -0.1) is 0 Å². The summed E-state index contributed by atoms with van der Waals surface area (Å²) in [5, 5.41) is 14.5. The number of nitro benzene ring substituents is 1. The number of carbonyl (C=O) groups excluding carboxylic acids is 1. The number of amides is 1. The molecule has 3 rings (SSSR count). The van der Waals surface area contributed by atoms with Gasteiger partial charge in [-0.25, -0.2) is 0 Å². The van der Waals surface area contributed by atoms with Gasteiger partial charge in [0.2, 0.25) is 5.91 Å². The van der Waals surface area contributed by atoms with Crippen molar-refractivity contribution < 1.29 is 9.72 Å². The lowest BCUT2D eigenvalue weighted by Gasteiger charge is -2.08. The maximum Gasteiger partial charge on any atom is 0.276 e. The van der Waals surface area contributed by atoms with Crippen LogP contribution in [-0.4, -0.2) is 15.8 Å². The second-order valence-electron chi connectivity index (χ2n) is 6.32. The van der Waals surface area contributed by atoms with Crippen LogP contribution in [0.1, 0.15) is 24.6 Å². The Morgan fingerprint density at radius 2 is 2.04 bits per heavy atom. The van der Waals surface area contributed by atoms with E-state index in [4.69, 9.17) is 5.73 Å². The topological polar surface area (TPSA) is 111 Å². The van der Waals surface area contributed by atoms with Gasteiger partial charge in [0, 0.05) is 34.6 Å². The Kier molecular flexibility index (Phi) is 5.64. The van der Waals surface area contributed by atoms with E-state index in [0.29, 0.717) is 16.9 Å². The molecule has 7 heteroatoms. The van der Waals surface area contributed by atoms with Crippen LogP contribution in [0.15, 0.2) is 54.6 Å². The molecule has 1 amide bonds. The molecule has 0 aliphatic rings. The first-order valence-electron chi connectivity index (χ1n) is 8.89. The molecule has 0 radical (unpaired) electrons. The molecule has 1 heterocycles. The number of anilines is 2. The van der Waals surface area contributed by atoms with E-state index in [1.165, 1.54) is 18.2 Å². The number of nitro groups is 1. The van der Waals surface area contributed by atoms with E-state index < -0.39 is 10.8 Å². The molecule has 142 valence electrons. The average Bonchev–Trinajstić information content (AvgIpc) is 2.67. The molecule has 0 unspecified atom stereocenters. The van der Waals surface area contributed by atoms with Crippen LogP contribution in [0.25, 0.3) is 17.0 Å². The second-order valence-corrected chi connectivity index (χ2v) is 6.32. The Bertz CT molecular complexity index is 1080. The largest absolute Gasteiger partial charge is 0.398 e. The zero-order valence-electron chi connectivity index (χ0n) is 15.4. The lowest BCUT2D eigenvalue weighted by Crippen LogP contribution is -2.08. The van der Waals surface area contributed by atoms with Gasteiger partial charge >= 0.3 is 0 Å². The van der Waals surface area contributed by atoms with Crippen molar-refractivity contribution in [1.82, 2.24) is 4.98 Å². The molecule has 0 fully saturated rings. The maximum atomic E-state index is 12.2. The summed E-state index contributed by atoms with van der Waals surface area (Å²) in [5.74, 6) is -0.397. The van der Waals surface area contributed by atoms with Crippen molar-refractivity contribution in [2.75, 3.05) is 11.1 Å². The van der Waals surface area contributed by atoms with E-state index in [1.807, 2.05) is 12.1 Å². The first-order valence-corrected chi connectivity index (χ1v) is 8.89. The van der Waals surface area contributed by atoms with Gasteiger partial charge in [0.25, 0.3) is 5.69 Å². The fraction of sp³-hybridized carbons (Fsp3) is 0.143. The van der Waals surface area contributed by atoms with Gasteiger partial charge in [-0.2, -0.15) is 0 Å². The molecule has 0 bridgehead atoms. The predicted molar refractivity (Wildman–Crippen MR) is 111 cm³/mol. The lowest BCUT2D eigenvalue weighted by molar-refractivity contribution is -0.385. The third-order valence-electron chi connectivity index (χ3n) is 4.22. The lowest BCUT2D eigenvalue weighted by atomic mass is 10.1. The zero-order chi connectivity index (χ0) is 20.1. The summed E-state index contributed by atoms with van der Waals surface area (Å²) in [6.07, 6.45) is 4.52. The van der Waals surface area contributed by atoms with Crippen LogP contribution in [0.4, 0.5) is 17.1 Å². The number of nitrogen functional groups attached to an aromatic ring is 1. The van der Waals surface area contributed by atoms with Gasteiger partial charge in [-0.3, -0.25) is 19.9 Å². The molecular formula is C21H20N4O3. The number of carbonyl (C=O) groups is 1. The zero-order valence-corrected chi connectivity index (χ0v) is 15.4. The molecule has 1 aromatic heterocycles. The SMILES string of the molecule is CCCc1cc(N)c2cc(NC(=O)/C=C/c3ccccc3[N+](=O)[O-])ccc2n1. The fourth-order valence-corrected chi connectivity index (χ4v) is 2.92. The van der Waals surface area contributed by atoms with Gasteiger partial charge < -0.3 is 11.1 Å². The third-order valence-corrected chi connectivity index (χ3v) is 4.22. The highest BCUT2D eigenvalue weighted by molar-refractivity contribution is 6.04. The highest BCUT2D eigenvalue weighted by Crippen LogP contribution is 2.25. The molecule has 28 heavy (non-hydrogen) atoms. The molecule has 3 aromatic rings. The van der Waals surface area contributed by atoms with E-state index in [0.717, 1.165) is 29.4 Å². The van der Waals surface area contributed by atoms with Crippen molar-refractivity contribution >= 4 is 39.9 Å². The van der Waals surface area contributed by atoms with Gasteiger partial charge in [0.05, 0.1) is 16.0 Å². The summed E-state index contributed by atoms with van der Waals surface area (Å²) in [6.45, 7) is 2.08. The molecule has 0 saturated carbocycles. The highest BCUT2D eigenvalue weighted by Gasteiger charge is 2.10. The smallest absolute Gasteiger partial charge is 0.276 e. The van der Waals surface area contributed by atoms with Gasteiger partial charge in [0.15, 0.2) is 0 Å². The molecule has 0 spiro atoms. The van der Waals surface area contributed by atoms with Crippen molar-refractivity contribution in [2.45, 2.75) is 19.8 Å². The van der Waals surface area contributed by atoms with Crippen LogP contribution in [0.2, 0.25) is 0 Å². The van der Waals surface area contributed by atoms with Crippen molar-refractivity contribution in [3.8, 4) is 0 Å².